The summed E-state index contributed by atoms with van der Waals surface area (Å²) in [5.74, 6) is 1.16. The molecule has 2 nitrogen and oxygen atoms in total. The summed E-state index contributed by atoms with van der Waals surface area (Å²) in [4.78, 5) is 0. The van der Waals surface area contributed by atoms with Crippen LogP contribution in [0.2, 0.25) is 18.1 Å². The standard InChI is InChI=1S/C11H24O2Si/c1-11(2,3)14(4,5)13-8-10-6-9(10)7-12/h9-10,12H,6-8H2,1-5H3. The Morgan fingerprint density at radius 3 is 2.21 bits per heavy atom. The third-order valence-corrected chi connectivity index (χ3v) is 8.27. The SMILES string of the molecule is CC(C)(C)[Si](C)(C)OCC1CC1CO. The van der Waals surface area contributed by atoms with Gasteiger partial charge in [-0.25, -0.2) is 0 Å². The first kappa shape index (κ1) is 12.2. The van der Waals surface area contributed by atoms with E-state index in [1.165, 1.54) is 0 Å². The summed E-state index contributed by atoms with van der Waals surface area (Å²) in [5.41, 5.74) is 0. The van der Waals surface area contributed by atoms with E-state index in [0.717, 1.165) is 13.0 Å². The highest BCUT2D eigenvalue weighted by Crippen LogP contribution is 2.41. The van der Waals surface area contributed by atoms with Gasteiger partial charge >= 0.3 is 0 Å². The summed E-state index contributed by atoms with van der Waals surface area (Å²) in [6, 6.07) is 0. The molecule has 0 aromatic rings. The van der Waals surface area contributed by atoms with E-state index in [-0.39, 0.29) is 0 Å². The zero-order chi connectivity index (χ0) is 11.0. The monoisotopic (exact) mass is 216 g/mol. The van der Waals surface area contributed by atoms with E-state index in [2.05, 4.69) is 33.9 Å². The van der Waals surface area contributed by atoms with Crippen LogP contribution in [0.3, 0.4) is 0 Å². The van der Waals surface area contributed by atoms with Crippen LogP contribution in [-0.4, -0.2) is 26.6 Å². The first-order valence-electron chi connectivity index (χ1n) is 5.53. The Labute approximate surface area is 88.8 Å². The quantitative estimate of drug-likeness (QED) is 0.732. The van der Waals surface area contributed by atoms with E-state index < -0.39 is 8.32 Å². The molecule has 2 unspecified atom stereocenters. The molecular formula is C11H24O2Si. The fourth-order valence-electron chi connectivity index (χ4n) is 1.27. The Bertz CT molecular complexity index is 196. The highest BCUT2D eigenvalue weighted by Gasteiger charge is 2.41. The molecule has 1 aliphatic rings. The van der Waals surface area contributed by atoms with Crippen molar-refractivity contribution in [3.05, 3.63) is 0 Å². The zero-order valence-electron chi connectivity index (χ0n) is 10.1. The molecule has 0 radical (unpaired) electrons. The third-order valence-electron chi connectivity index (χ3n) is 3.77. The molecule has 14 heavy (non-hydrogen) atoms. The van der Waals surface area contributed by atoms with E-state index in [0.29, 0.717) is 23.5 Å². The van der Waals surface area contributed by atoms with Gasteiger partial charge in [0.1, 0.15) is 0 Å². The average molecular weight is 216 g/mol. The van der Waals surface area contributed by atoms with Crippen molar-refractivity contribution in [3.63, 3.8) is 0 Å². The van der Waals surface area contributed by atoms with Crippen molar-refractivity contribution in [3.8, 4) is 0 Å². The normalized spacial score (nSPS) is 27.9. The molecule has 1 N–H and O–H groups in total. The first-order valence-corrected chi connectivity index (χ1v) is 8.43. The molecule has 1 saturated carbocycles. The Balaban J connectivity index is 2.31. The van der Waals surface area contributed by atoms with Crippen LogP contribution in [0.5, 0.6) is 0 Å². The molecule has 0 amide bonds. The van der Waals surface area contributed by atoms with Gasteiger partial charge in [-0.05, 0) is 36.4 Å². The Kier molecular flexibility index (Phi) is 3.44. The predicted octanol–water partition coefficient (Wildman–Crippen LogP) is 2.64. The summed E-state index contributed by atoms with van der Waals surface area (Å²) in [5, 5.41) is 9.22. The minimum absolute atomic E-state index is 0.302. The maximum absolute atomic E-state index is 8.92. The third kappa shape index (κ3) is 2.81. The smallest absolute Gasteiger partial charge is 0.191 e. The van der Waals surface area contributed by atoms with Crippen LogP contribution in [0, 0.1) is 11.8 Å². The van der Waals surface area contributed by atoms with Crippen LogP contribution < -0.4 is 0 Å². The summed E-state index contributed by atoms with van der Waals surface area (Å²) in [6.45, 7) is 12.5. The number of rotatable bonds is 4. The van der Waals surface area contributed by atoms with Crippen molar-refractivity contribution in [2.24, 2.45) is 11.8 Å². The maximum Gasteiger partial charge on any atom is 0.191 e. The van der Waals surface area contributed by atoms with Crippen molar-refractivity contribution in [2.45, 2.75) is 45.3 Å². The second-order valence-electron chi connectivity index (χ2n) is 6.01. The lowest BCUT2D eigenvalue weighted by Gasteiger charge is -2.36. The fourth-order valence-corrected chi connectivity index (χ4v) is 2.33. The van der Waals surface area contributed by atoms with E-state index in [1.54, 1.807) is 0 Å². The Morgan fingerprint density at radius 2 is 1.86 bits per heavy atom. The van der Waals surface area contributed by atoms with Gasteiger partial charge < -0.3 is 9.53 Å². The lowest BCUT2D eigenvalue weighted by Crippen LogP contribution is -2.41. The molecule has 0 spiro atoms. The first-order chi connectivity index (χ1) is 6.28. The number of hydrogen-bond acceptors (Lipinski definition) is 2. The lowest BCUT2D eigenvalue weighted by atomic mass is 10.2. The maximum atomic E-state index is 8.92. The summed E-state index contributed by atoms with van der Waals surface area (Å²) < 4.78 is 6.08. The van der Waals surface area contributed by atoms with Gasteiger partial charge in [0.05, 0.1) is 0 Å². The van der Waals surface area contributed by atoms with E-state index in [1.807, 2.05) is 0 Å². The van der Waals surface area contributed by atoms with Gasteiger partial charge in [-0.1, -0.05) is 20.8 Å². The largest absolute Gasteiger partial charge is 0.417 e. The molecule has 1 fully saturated rings. The van der Waals surface area contributed by atoms with Crippen LogP contribution in [0.4, 0.5) is 0 Å². The summed E-state index contributed by atoms with van der Waals surface area (Å²) in [7, 11) is -1.55. The molecule has 0 bridgehead atoms. The molecular weight excluding hydrogens is 192 g/mol. The van der Waals surface area contributed by atoms with E-state index >= 15 is 0 Å². The van der Waals surface area contributed by atoms with Gasteiger partial charge in [0.25, 0.3) is 0 Å². The molecule has 84 valence electrons. The Hall–Kier alpha value is 0.137. The van der Waals surface area contributed by atoms with Crippen molar-refractivity contribution < 1.29 is 9.53 Å². The average Bonchev–Trinajstić information content (AvgIpc) is 2.77. The number of aliphatic hydroxyl groups is 1. The second kappa shape index (κ2) is 3.95. The van der Waals surface area contributed by atoms with Crippen LogP contribution in [0.25, 0.3) is 0 Å². The van der Waals surface area contributed by atoms with Gasteiger partial charge in [-0.3, -0.25) is 0 Å². The minimum atomic E-state index is -1.55. The van der Waals surface area contributed by atoms with Crippen molar-refractivity contribution in [1.29, 1.82) is 0 Å². The van der Waals surface area contributed by atoms with Crippen molar-refractivity contribution in [1.82, 2.24) is 0 Å². The van der Waals surface area contributed by atoms with Crippen LogP contribution in [-0.2, 0) is 4.43 Å². The molecule has 1 aliphatic carbocycles. The predicted molar refractivity (Wildman–Crippen MR) is 61.8 cm³/mol. The molecule has 0 saturated heterocycles. The van der Waals surface area contributed by atoms with E-state index in [9.17, 15) is 0 Å². The van der Waals surface area contributed by atoms with Crippen molar-refractivity contribution in [2.75, 3.05) is 13.2 Å². The topological polar surface area (TPSA) is 29.5 Å². The zero-order valence-corrected chi connectivity index (χ0v) is 11.1. The van der Waals surface area contributed by atoms with Crippen LogP contribution in [0.15, 0.2) is 0 Å². The van der Waals surface area contributed by atoms with Crippen molar-refractivity contribution >= 4 is 8.32 Å². The van der Waals surface area contributed by atoms with Gasteiger partial charge in [-0.2, -0.15) is 0 Å². The van der Waals surface area contributed by atoms with Gasteiger partial charge in [0.15, 0.2) is 8.32 Å². The molecule has 0 aromatic heterocycles. The second-order valence-corrected chi connectivity index (χ2v) is 10.8. The molecule has 3 heteroatoms. The molecule has 0 aromatic carbocycles. The molecule has 0 heterocycles. The fraction of sp³-hybridized carbons (Fsp3) is 1.00. The summed E-state index contributed by atoms with van der Waals surface area (Å²) >= 11 is 0. The highest BCUT2D eigenvalue weighted by molar-refractivity contribution is 6.74. The molecule has 1 rings (SSSR count). The van der Waals surface area contributed by atoms with Crippen LogP contribution >= 0.6 is 0 Å². The van der Waals surface area contributed by atoms with E-state index in [4.69, 9.17) is 9.53 Å². The molecule has 0 aliphatic heterocycles. The van der Waals surface area contributed by atoms with Gasteiger partial charge in [0.2, 0.25) is 0 Å². The Morgan fingerprint density at radius 1 is 1.29 bits per heavy atom. The highest BCUT2D eigenvalue weighted by atomic mass is 28.4. The minimum Gasteiger partial charge on any atom is -0.417 e. The molecule has 2 atom stereocenters. The number of aliphatic hydroxyl groups excluding tert-OH is 1. The lowest BCUT2D eigenvalue weighted by molar-refractivity contribution is 0.232. The number of hydrogen-bond donors (Lipinski definition) is 1. The van der Waals surface area contributed by atoms with Gasteiger partial charge in [0, 0.05) is 13.2 Å². The van der Waals surface area contributed by atoms with Crippen LogP contribution in [0.1, 0.15) is 27.2 Å². The summed E-state index contributed by atoms with van der Waals surface area (Å²) in [6.07, 6.45) is 1.16. The van der Waals surface area contributed by atoms with Gasteiger partial charge in [-0.15, -0.1) is 0 Å².